The number of hydrogen-bond donors (Lipinski definition) is 1. The molecule has 0 spiro atoms. The predicted octanol–water partition coefficient (Wildman–Crippen LogP) is 2.71. The third-order valence-corrected chi connectivity index (χ3v) is 2.96. The third kappa shape index (κ3) is 2.45. The van der Waals surface area contributed by atoms with E-state index >= 15 is 0 Å². The number of amides is 1. The Morgan fingerprint density at radius 3 is 2.78 bits per heavy atom. The molecule has 0 bridgehead atoms. The maximum Gasteiger partial charge on any atom is 0.257 e. The van der Waals surface area contributed by atoms with E-state index in [9.17, 15) is 4.79 Å². The van der Waals surface area contributed by atoms with Crippen LogP contribution < -0.4 is 5.32 Å². The molecular weight excluding hydrogens is 232 g/mol. The number of nitrogens with zero attached hydrogens (tertiary/aromatic N) is 1. The van der Waals surface area contributed by atoms with E-state index in [0.29, 0.717) is 22.8 Å². The lowest BCUT2D eigenvalue weighted by Gasteiger charge is -2.16. The Morgan fingerprint density at radius 1 is 1.39 bits per heavy atom. The fraction of sp³-hybridized carbons (Fsp3) is 0.385. The summed E-state index contributed by atoms with van der Waals surface area (Å²) in [5, 5.41) is 6.59. The van der Waals surface area contributed by atoms with E-state index in [2.05, 4.69) is 24.3 Å². The standard InChI is InChI=1S/C13H16N2O3/c1-8(2)9(3)15-13(16)11-6-14-18-12(11)10-4-5-17-7-10/h4-9H,1-3H3,(H,15,16)/t9-/m1/s1. The molecule has 18 heavy (non-hydrogen) atoms. The molecule has 5 nitrogen and oxygen atoms in total. The number of hydrogen-bond acceptors (Lipinski definition) is 4. The summed E-state index contributed by atoms with van der Waals surface area (Å²) in [7, 11) is 0. The molecule has 0 aliphatic heterocycles. The van der Waals surface area contributed by atoms with Crippen LogP contribution in [0, 0.1) is 5.92 Å². The Morgan fingerprint density at radius 2 is 2.17 bits per heavy atom. The zero-order valence-corrected chi connectivity index (χ0v) is 10.6. The van der Waals surface area contributed by atoms with E-state index in [0.717, 1.165) is 0 Å². The maximum atomic E-state index is 12.1. The van der Waals surface area contributed by atoms with Gasteiger partial charge in [0.2, 0.25) is 0 Å². The van der Waals surface area contributed by atoms with E-state index in [1.807, 2.05) is 6.92 Å². The van der Waals surface area contributed by atoms with Crippen molar-refractivity contribution < 1.29 is 13.7 Å². The van der Waals surface area contributed by atoms with Crippen LogP contribution >= 0.6 is 0 Å². The zero-order chi connectivity index (χ0) is 13.1. The number of carbonyl (C=O) groups is 1. The topological polar surface area (TPSA) is 68.3 Å². The quantitative estimate of drug-likeness (QED) is 0.903. The van der Waals surface area contributed by atoms with Gasteiger partial charge >= 0.3 is 0 Å². The molecule has 0 unspecified atom stereocenters. The molecule has 0 saturated carbocycles. The average Bonchev–Trinajstić information content (AvgIpc) is 2.99. The normalized spacial score (nSPS) is 12.7. The molecule has 1 N–H and O–H groups in total. The van der Waals surface area contributed by atoms with Crippen LogP contribution in [0.3, 0.4) is 0 Å². The Hall–Kier alpha value is -2.04. The SMILES string of the molecule is CC(C)[C@@H](C)NC(=O)c1cnoc1-c1ccoc1. The van der Waals surface area contributed by atoms with E-state index in [4.69, 9.17) is 8.94 Å². The molecule has 96 valence electrons. The second kappa shape index (κ2) is 5.08. The molecule has 2 aromatic rings. The average molecular weight is 248 g/mol. The maximum absolute atomic E-state index is 12.1. The first-order chi connectivity index (χ1) is 8.59. The predicted molar refractivity (Wildman–Crippen MR) is 66.0 cm³/mol. The molecular formula is C13H16N2O3. The highest BCUT2D eigenvalue weighted by Gasteiger charge is 2.20. The second-order valence-corrected chi connectivity index (χ2v) is 4.59. The number of aromatic nitrogens is 1. The molecule has 0 saturated heterocycles. The summed E-state index contributed by atoms with van der Waals surface area (Å²) in [5.74, 6) is 0.608. The molecule has 0 fully saturated rings. The molecule has 0 aliphatic rings. The van der Waals surface area contributed by atoms with E-state index in [-0.39, 0.29) is 11.9 Å². The third-order valence-electron chi connectivity index (χ3n) is 2.96. The van der Waals surface area contributed by atoms with Gasteiger partial charge in [-0.15, -0.1) is 0 Å². The molecule has 1 amide bonds. The van der Waals surface area contributed by atoms with Crippen LogP contribution in [0.5, 0.6) is 0 Å². The first-order valence-electron chi connectivity index (χ1n) is 5.87. The highest BCUT2D eigenvalue weighted by molar-refractivity contribution is 5.99. The van der Waals surface area contributed by atoms with Crippen LogP contribution in [0.2, 0.25) is 0 Å². The van der Waals surface area contributed by atoms with Gasteiger partial charge in [-0.3, -0.25) is 4.79 Å². The van der Waals surface area contributed by atoms with E-state index < -0.39 is 0 Å². The van der Waals surface area contributed by atoms with Gasteiger partial charge in [0.05, 0.1) is 18.0 Å². The van der Waals surface area contributed by atoms with Gasteiger partial charge in [0.15, 0.2) is 5.76 Å². The monoisotopic (exact) mass is 248 g/mol. The number of furan rings is 1. The van der Waals surface area contributed by atoms with Gasteiger partial charge in [0.25, 0.3) is 5.91 Å². The van der Waals surface area contributed by atoms with Crippen molar-refractivity contribution in [1.29, 1.82) is 0 Å². The summed E-state index contributed by atoms with van der Waals surface area (Å²) in [6.45, 7) is 6.07. The smallest absolute Gasteiger partial charge is 0.257 e. The highest BCUT2D eigenvalue weighted by atomic mass is 16.5. The van der Waals surface area contributed by atoms with Crippen molar-refractivity contribution in [3.05, 3.63) is 30.4 Å². The lowest BCUT2D eigenvalue weighted by atomic mass is 10.1. The van der Waals surface area contributed by atoms with Crippen molar-refractivity contribution in [2.45, 2.75) is 26.8 Å². The molecule has 2 aromatic heterocycles. The first-order valence-corrected chi connectivity index (χ1v) is 5.87. The summed E-state index contributed by atoms with van der Waals surface area (Å²) in [4.78, 5) is 12.1. The molecule has 1 atom stereocenters. The van der Waals surface area contributed by atoms with Crippen LogP contribution in [-0.2, 0) is 0 Å². The molecule has 0 aromatic carbocycles. The first kappa shape index (κ1) is 12.4. The number of rotatable bonds is 4. The number of nitrogens with one attached hydrogen (secondary N) is 1. The molecule has 0 aliphatic carbocycles. The van der Waals surface area contributed by atoms with Crippen molar-refractivity contribution >= 4 is 5.91 Å². The molecule has 5 heteroatoms. The summed E-state index contributed by atoms with van der Waals surface area (Å²) in [6.07, 6.45) is 4.46. The van der Waals surface area contributed by atoms with Gasteiger partial charge in [-0.1, -0.05) is 19.0 Å². The summed E-state index contributed by atoms with van der Waals surface area (Å²) >= 11 is 0. The Balaban J connectivity index is 2.19. The van der Waals surface area contributed by atoms with Crippen molar-refractivity contribution in [2.75, 3.05) is 0 Å². The minimum absolute atomic E-state index is 0.0876. The Kier molecular flexibility index (Phi) is 3.50. The van der Waals surface area contributed by atoms with Crippen molar-refractivity contribution in [3.8, 4) is 11.3 Å². The van der Waals surface area contributed by atoms with Crippen molar-refractivity contribution in [1.82, 2.24) is 10.5 Å². The van der Waals surface area contributed by atoms with Gasteiger partial charge in [-0.2, -0.15) is 0 Å². The molecule has 2 rings (SSSR count). The largest absolute Gasteiger partial charge is 0.472 e. The van der Waals surface area contributed by atoms with Crippen LogP contribution in [0.15, 0.2) is 33.7 Å². The van der Waals surface area contributed by atoms with Gasteiger partial charge in [-0.25, -0.2) is 0 Å². The highest BCUT2D eigenvalue weighted by Crippen LogP contribution is 2.23. The van der Waals surface area contributed by atoms with E-state index in [1.54, 1.807) is 6.07 Å². The van der Waals surface area contributed by atoms with Gasteiger partial charge in [0.1, 0.15) is 11.8 Å². The zero-order valence-electron chi connectivity index (χ0n) is 10.6. The summed E-state index contributed by atoms with van der Waals surface area (Å²) in [5.41, 5.74) is 1.12. The molecule has 2 heterocycles. The van der Waals surface area contributed by atoms with Crippen LogP contribution in [0.4, 0.5) is 0 Å². The van der Waals surface area contributed by atoms with Crippen molar-refractivity contribution in [3.63, 3.8) is 0 Å². The Labute approximate surface area is 105 Å². The molecule has 0 radical (unpaired) electrons. The Bertz CT molecular complexity index is 514. The lowest BCUT2D eigenvalue weighted by molar-refractivity contribution is 0.0931. The minimum atomic E-state index is -0.186. The van der Waals surface area contributed by atoms with Gasteiger partial charge < -0.3 is 14.3 Å². The summed E-state index contributed by atoms with van der Waals surface area (Å²) < 4.78 is 10.1. The fourth-order valence-electron chi connectivity index (χ4n) is 1.45. The van der Waals surface area contributed by atoms with Crippen LogP contribution in [0.1, 0.15) is 31.1 Å². The fourth-order valence-corrected chi connectivity index (χ4v) is 1.45. The number of carbonyl (C=O) groups excluding carboxylic acids is 1. The van der Waals surface area contributed by atoms with Gasteiger partial charge in [-0.05, 0) is 18.9 Å². The second-order valence-electron chi connectivity index (χ2n) is 4.59. The van der Waals surface area contributed by atoms with Crippen molar-refractivity contribution in [2.24, 2.45) is 5.92 Å². The van der Waals surface area contributed by atoms with E-state index in [1.165, 1.54) is 18.7 Å². The summed E-state index contributed by atoms with van der Waals surface area (Å²) in [6, 6.07) is 1.81. The van der Waals surface area contributed by atoms with Crippen LogP contribution in [-0.4, -0.2) is 17.1 Å². The van der Waals surface area contributed by atoms with Gasteiger partial charge in [0, 0.05) is 6.04 Å². The van der Waals surface area contributed by atoms with Crippen LogP contribution in [0.25, 0.3) is 11.3 Å². The lowest BCUT2D eigenvalue weighted by Crippen LogP contribution is -2.36. The minimum Gasteiger partial charge on any atom is -0.472 e.